The van der Waals surface area contributed by atoms with Gasteiger partial charge in [0.1, 0.15) is 6.54 Å². The lowest BCUT2D eigenvalue weighted by Gasteiger charge is -2.12. The second-order valence-electron chi connectivity index (χ2n) is 6.43. The molecule has 0 atom stereocenters. The van der Waals surface area contributed by atoms with E-state index in [2.05, 4.69) is 15.0 Å². The molecule has 2 aromatic carbocycles. The monoisotopic (exact) mass is 470 g/mol. The van der Waals surface area contributed by atoms with Crippen LogP contribution in [0.25, 0.3) is 0 Å². The van der Waals surface area contributed by atoms with Gasteiger partial charge in [0, 0.05) is 16.6 Å². The summed E-state index contributed by atoms with van der Waals surface area (Å²) >= 11 is 1.40. The summed E-state index contributed by atoms with van der Waals surface area (Å²) in [5.74, 6) is -1.03. The molecule has 0 bridgehead atoms. The minimum absolute atomic E-state index is 0.207. The summed E-state index contributed by atoms with van der Waals surface area (Å²) in [4.78, 5) is 15.9. The van der Waals surface area contributed by atoms with E-state index in [0.29, 0.717) is 10.8 Å². The van der Waals surface area contributed by atoms with Gasteiger partial charge in [-0.1, -0.05) is 12.1 Å². The number of sulfonamides is 1. The van der Waals surface area contributed by atoms with Gasteiger partial charge < -0.3 is 10.6 Å². The zero-order valence-corrected chi connectivity index (χ0v) is 17.7. The predicted octanol–water partition coefficient (Wildman–Crippen LogP) is 4.29. The fourth-order valence-electron chi connectivity index (χ4n) is 2.50. The number of nitrogens with zero attached hydrogens (tertiary/aromatic N) is 1. The molecule has 0 saturated carbocycles. The second kappa shape index (κ2) is 8.94. The first-order chi connectivity index (χ1) is 14.5. The van der Waals surface area contributed by atoms with Gasteiger partial charge in [0.05, 0.1) is 16.3 Å². The van der Waals surface area contributed by atoms with Crippen molar-refractivity contribution in [3.63, 3.8) is 0 Å². The van der Waals surface area contributed by atoms with Crippen LogP contribution in [0.15, 0.2) is 58.8 Å². The number of rotatable bonds is 7. The number of alkyl halides is 3. The van der Waals surface area contributed by atoms with Crippen LogP contribution >= 0.6 is 11.3 Å². The van der Waals surface area contributed by atoms with Gasteiger partial charge in [0.2, 0.25) is 0 Å². The minimum atomic E-state index is -4.57. The predicted molar refractivity (Wildman–Crippen MR) is 112 cm³/mol. The number of hydrogen-bond acceptors (Lipinski definition) is 6. The number of carbonyl (C=O) groups is 1. The molecule has 0 radical (unpaired) electrons. The molecule has 164 valence electrons. The molecule has 1 heterocycles. The maximum absolute atomic E-state index is 12.7. The molecular weight excluding hydrogens is 453 g/mol. The first-order valence-corrected chi connectivity index (χ1v) is 11.2. The SMILES string of the molecule is Cc1csc(Nc2cccc(NS(=O)(=O)c3cccc(C(=O)NCC(F)(F)F)c3)c2)n1. The van der Waals surface area contributed by atoms with Crippen molar-refractivity contribution in [2.24, 2.45) is 0 Å². The van der Waals surface area contributed by atoms with Crippen molar-refractivity contribution in [1.82, 2.24) is 10.3 Å². The molecule has 0 spiro atoms. The first kappa shape index (κ1) is 22.6. The van der Waals surface area contributed by atoms with E-state index in [4.69, 9.17) is 0 Å². The molecule has 1 aromatic heterocycles. The van der Waals surface area contributed by atoms with Crippen molar-refractivity contribution in [3.05, 3.63) is 65.2 Å². The van der Waals surface area contributed by atoms with Gasteiger partial charge in [-0.25, -0.2) is 13.4 Å². The average Bonchev–Trinajstić information content (AvgIpc) is 3.10. The third kappa shape index (κ3) is 6.43. The Balaban J connectivity index is 1.75. The molecule has 7 nitrogen and oxygen atoms in total. The molecule has 1 amide bonds. The van der Waals surface area contributed by atoms with Gasteiger partial charge in [-0.3, -0.25) is 9.52 Å². The highest BCUT2D eigenvalue weighted by Gasteiger charge is 2.28. The molecular formula is C19H17F3N4O3S2. The highest BCUT2D eigenvalue weighted by molar-refractivity contribution is 7.92. The Bertz CT molecular complexity index is 1190. The summed E-state index contributed by atoms with van der Waals surface area (Å²) in [7, 11) is -4.09. The van der Waals surface area contributed by atoms with Crippen LogP contribution in [-0.4, -0.2) is 32.0 Å². The fourth-order valence-corrected chi connectivity index (χ4v) is 4.30. The lowest BCUT2D eigenvalue weighted by atomic mass is 10.2. The Kier molecular flexibility index (Phi) is 6.51. The Labute approximate surface area is 180 Å². The lowest BCUT2D eigenvalue weighted by Crippen LogP contribution is -2.33. The third-order valence-electron chi connectivity index (χ3n) is 3.84. The van der Waals surface area contributed by atoms with Crippen LogP contribution in [-0.2, 0) is 10.0 Å². The first-order valence-electron chi connectivity index (χ1n) is 8.79. The van der Waals surface area contributed by atoms with E-state index in [1.54, 1.807) is 23.5 Å². The Morgan fingerprint density at radius 1 is 1.10 bits per heavy atom. The Morgan fingerprint density at radius 2 is 1.81 bits per heavy atom. The number of halogens is 3. The summed E-state index contributed by atoms with van der Waals surface area (Å²) < 4.78 is 64.7. The number of carbonyl (C=O) groups excluding carboxylic acids is 1. The third-order valence-corrected chi connectivity index (χ3v) is 6.10. The van der Waals surface area contributed by atoms with Crippen LogP contribution in [0.3, 0.4) is 0 Å². The van der Waals surface area contributed by atoms with Gasteiger partial charge >= 0.3 is 6.18 Å². The van der Waals surface area contributed by atoms with E-state index in [1.807, 2.05) is 12.3 Å². The average molecular weight is 470 g/mol. The van der Waals surface area contributed by atoms with Crippen molar-refractivity contribution >= 4 is 43.8 Å². The quantitative estimate of drug-likeness (QED) is 0.478. The number of aryl methyl sites for hydroxylation is 1. The molecule has 0 saturated heterocycles. The summed E-state index contributed by atoms with van der Waals surface area (Å²) in [6, 6.07) is 11.2. The van der Waals surface area contributed by atoms with Crippen LogP contribution in [0.2, 0.25) is 0 Å². The number of benzene rings is 2. The number of nitrogens with one attached hydrogen (secondary N) is 3. The molecule has 3 aromatic rings. The van der Waals surface area contributed by atoms with Gasteiger partial charge in [0.15, 0.2) is 5.13 Å². The minimum Gasteiger partial charge on any atom is -0.343 e. The van der Waals surface area contributed by atoms with Crippen LogP contribution in [0, 0.1) is 6.92 Å². The molecule has 31 heavy (non-hydrogen) atoms. The Hall–Kier alpha value is -3.12. The summed E-state index contributed by atoms with van der Waals surface area (Å²) in [5, 5.41) is 7.29. The van der Waals surface area contributed by atoms with Crippen molar-refractivity contribution in [2.75, 3.05) is 16.6 Å². The van der Waals surface area contributed by atoms with Crippen LogP contribution in [0.1, 0.15) is 16.1 Å². The number of anilines is 3. The largest absolute Gasteiger partial charge is 0.405 e. The number of amides is 1. The maximum Gasteiger partial charge on any atom is 0.405 e. The topological polar surface area (TPSA) is 100 Å². The molecule has 0 aliphatic rings. The summed E-state index contributed by atoms with van der Waals surface area (Å²) in [6.45, 7) is 0.337. The zero-order chi connectivity index (χ0) is 22.6. The second-order valence-corrected chi connectivity index (χ2v) is 8.97. The number of hydrogen-bond donors (Lipinski definition) is 3. The van der Waals surface area contributed by atoms with Crippen LogP contribution in [0.5, 0.6) is 0 Å². The van der Waals surface area contributed by atoms with Crippen molar-refractivity contribution in [3.8, 4) is 0 Å². The van der Waals surface area contributed by atoms with E-state index < -0.39 is 28.7 Å². The standard InChI is InChI=1S/C19H17F3N4O3S2/c1-12-10-30-18(24-12)25-14-5-3-6-15(9-14)26-31(28,29)16-7-2-4-13(8-16)17(27)23-11-19(20,21)22/h2-10,26H,11H2,1H3,(H,23,27)(H,24,25). The number of aromatic nitrogens is 1. The Morgan fingerprint density at radius 3 is 2.48 bits per heavy atom. The van der Waals surface area contributed by atoms with E-state index in [0.717, 1.165) is 11.8 Å². The molecule has 0 fully saturated rings. The maximum atomic E-state index is 12.7. The van der Waals surface area contributed by atoms with Gasteiger partial charge in [0.25, 0.3) is 15.9 Å². The van der Waals surface area contributed by atoms with Gasteiger partial charge in [-0.2, -0.15) is 13.2 Å². The van der Waals surface area contributed by atoms with Crippen molar-refractivity contribution < 1.29 is 26.4 Å². The van der Waals surface area contributed by atoms with Crippen LogP contribution < -0.4 is 15.4 Å². The van der Waals surface area contributed by atoms with Crippen molar-refractivity contribution in [2.45, 2.75) is 18.0 Å². The molecule has 12 heteroatoms. The van der Waals surface area contributed by atoms with E-state index in [9.17, 15) is 26.4 Å². The zero-order valence-electron chi connectivity index (χ0n) is 16.0. The van der Waals surface area contributed by atoms with E-state index in [1.165, 1.54) is 35.6 Å². The molecule has 0 unspecified atom stereocenters. The van der Waals surface area contributed by atoms with Gasteiger partial charge in [-0.15, -0.1) is 11.3 Å². The van der Waals surface area contributed by atoms with Crippen molar-refractivity contribution in [1.29, 1.82) is 0 Å². The van der Waals surface area contributed by atoms with Crippen LogP contribution in [0.4, 0.5) is 29.7 Å². The molecule has 3 N–H and O–H groups in total. The van der Waals surface area contributed by atoms with E-state index >= 15 is 0 Å². The highest BCUT2D eigenvalue weighted by Crippen LogP contribution is 2.24. The molecule has 0 aliphatic carbocycles. The number of thiazole rings is 1. The molecule has 3 rings (SSSR count). The lowest BCUT2D eigenvalue weighted by molar-refractivity contribution is -0.123. The highest BCUT2D eigenvalue weighted by atomic mass is 32.2. The summed E-state index contributed by atoms with van der Waals surface area (Å²) in [5.41, 5.74) is 1.50. The fraction of sp³-hybridized carbons (Fsp3) is 0.158. The molecule has 0 aliphatic heterocycles. The summed E-state index contributed by atoms with van der Waals surface area (Å²) in [6.07, 6.45) is -4.57. The van der Waals surface area contributed by atoms with Gasteiger partial charge in [-0.05, 0) is 43.3 Å². The smallest absolute Gasteiger partial charge is 0.343 e. The van der Waals surface area contributed by atoms with E-state index in [-0.39, 0.29) is 16.1 Å². The normalized spacial score (nSPS) is 11.7.